The van der Waals surface area contributed by atoms with Crippen LogP contribution < -0.4 is 10.1 Å². The average Bonchev–Trinajstić information content (AvgIpc) is 2.43. The number of nitrogens with one attached hydrogen (secondary N) is 1. The van der Waals surface area contributed by atoms with E-state index in [4.69, 9.17) is 4.74 Å². The standard InChI is InChI=1S/C16H27NOS/c1-4-17-14(3)6-7-15-8-10-16(11-9-15)18-12-13-19-5-2/h8-11,14,17H,4-7,12-13H2,1-3H3. The molecule has 3 heteroatoms. The molecule has 1 rings (SSSR count). The molecule has 0 aliphatic rings. The molecule has 0 aliphatic carbocycles. The van der Waals surface area contributed by atoms with Crippen molar-refractivity contribution >= 4 is 11.8 Å². The molecule has 1 unspecified atom stereocenters. The minimum Gasteiger partial charge on any atom is -0.493 e. The second kappa shape index (κ2) is 10.2. The lowest BCUT2D eigenvalue weighted by Gasteiger charge is -2.12. The quantitative estimate of drug-likeness (QED) is 0.660. The third kappa shape index (κ3) is 7.48. The van der Waals surface area contributed by atoms with E-state index in [-0.39, 0.29) is 0 Å². The second-order valence-electron chi connectivity index (χ2n) is 4.69. The van der Waals surface area contributed by atoms with E-state index >= 15 is 0 Å². The van der Waals surface area contributed by atoms with Crippen molar-refractivity contribution in [2.24, 2.45) is 0 Å². The van der Waals surface area contributed by atoms with Crippen molar-refractivity contribution < 1.29 is 4.74 Å². The predicted octanol–water partition coefficient (Wildman–Crippen LogP) is 3.75. The summed E-state index contributed by atoms with van der Waals surface area (Å²) in [6.07, 6.45) is 2.31. The molecule has 1 atom stereocenters. The molecular weight excluding hydrogens is 254 g/mol. The first-order valence-electron chi connectivity index (χ1n) is 7.29. The molecule has 0 saturated carbocycles. The summed E-state index contributed by atoms with van der Waals surface area (Å²) in [5.41, 5.74) is 1.39. The first kappa shape index (κ1) is 16.4. The van der Waals surface area contributed by atoms with Crippen LogP contribution in [0.3, 0.4) is 0 Å². The summed E-state index contributed by atoms with van der Waals surface area (Å²) in [5, 5.41) is 3.44. The minimum absolute atomic E-state index is 0.590. The summed E-state index contributed by atoms with van der Waals surface area (Å²) in [4.78, 5) is 0. The summed E-state index contributed by atoms with van der Waals surface area (Å²) in [7, 11) is 0. The van der Waals surface area contributed by atoms with Gasteiger partial charge < -0.3 is 10.1 Å². The van der Waals surface area contributed by atoms with Gasteiger partial charge >= 0.3 is 0 Å². The van der Waals surface area contributed by atoms with Crippen LogP contribution in [0.25, 0.3) is 0 Å². The fraction of sp³-hybridized carbons (Fsp3) is 0.625. The Bertz CT molecular complexity index is 326. The van der Waals surface area contributed by atoms with Gasteiger partial charge in [0, 0.05) is 11.8 Å². The number of thioether (sulfide) groups is 1. The fourth-order valence-corrected chi connectivity index (χ4v) is 2.44. The maximum Gasteiger partial charge on any atom is 0.119 e. The summed E-state index contributed by atoms with van der Waals surface area (Å²) >= 11 is 1.91. The van der Waals surface area contributed by atoms with Crippen LogP contribution in [0.2, 0.25) is 0 Å². The van der Waals surface area contributed by atoms with Gasteiger partial charge in [-0.3, -0.25) is 0 Å². The molecule has 1 N–H and O–H groups in total. The molecule has 0 aromatic heterocycles. The zero-order valence-corrected chi connectivity index (χ0v) is 13.3. The number of ether oxygens (including phenoxy) is 1. The van der Waals surface area contributed by atoms with Crippen LogP contribution in [0.4, 0.5) is 0 Å². The van der Waals surface area contributed by atoms with Gasteiger partial charge in [0.25, 0.3) is 0 Å². The van der Waals surface area contributed by atoms with Gasteiger partial charge in [0.15, 0.2) is 0 Å². The van der Waals surface area contributed by atoms with E-state index < -0.39 is 0 Å². The predicted molar refractivity (Wildman–Crippen MR) is 86.4 cm³/mol. The number of hydrogen-bond acceptors (Lipinski definition) is 3. The molecule has 2 nitrogen and oxygen atoms in total. The average molecular weight is 281 g/mol. The highest BCUT2D eigenvalue weighted by Crippen LogP contribution is 2.14. The van der Waals surface area contributed by atoms with Crippen LogP contribution in [0, 0.1) is 0 Å². The lowest BCUT2D eigenvalue weighted by molar-refractivity contribution is 0.344. The van der Waals surface area contributed by atoms with Gasteiger partial charge in [0.05, 0.1) is 6.61 Å². The summed E-state index contributed by atoms with van der Waals surface area (Å²) < 4.78 is 5.69. The van der Waals surface area contributed by atoms with Crippen LogP contribution in [-0.2, 0) is 6.42 Å². The van der Waals surface area contributed by atoms with Crippen molar-refractivity contribution in [3.63, 3.8) is 0 Å². The van der Waals surface area contributed by atoms with Crippen LogP contribution in [0.1, 0.15) is 32.8 Å². The highest BCUT2D eigenvalue weighted by Gasteiger charge is 2.01. The molecule has 0 bridgehead atoms. The molecule has 0 fully saturated rings. The molecule has 108 valence electrons. The lowest BCUT2D eigenvalue weighted by atomic mass is 10.1. The van der Waals surface area contributed by atoms with Crippen molar-refractivity contribution in [1.29, 1.82) is 0 Å². The van der Waals surface area contributed by atoms with Crippen molar-refractivity contribution in [2.45, 2.75) is 39.7 Å². The third-order valence-electron chi connectivity index (χ3n) is 3.04. The van der Waals surface area contributed by atoms with E-state index in [2.05, 4.69) is 50.4 Å². The van der Waals surface area contributed by atoms with E-state index in [0.717, 1.165) is 36.8 Å². The lowest BCUT2D eigenvalue weighted by Crippen LogP contribution is -2.25. The van der Waals surface area contributed by atoms with E-state index in [1.165, 1.54) is 12.0 Å². The highest BCUT2D eigenvalue weighted by atomic mass is 32.2. The van der Waals surface area contributed by atoms with Gasteiger partial charge in [0.1, 0.15) is 5.75 Å². The van der Waals surface area contributed by atoms with Crippen LogP contribution in [-0.4, -0.2) is 30.7 Å². The Hall–Kier alpha value is -0.670. The van der Waals surface area contributed by atoms with Gasteiger partial charge in [-0.25, -0.2) is 0 Å². The van der Waals surface area contributed by atoms with Crippen molar-refractivity contribution in [1.82, 2.24) is 5.32 Å². The number of benzene rings is 1. The number of aryl methyl sites for hydroxylation is 1. The largest absolute Gasteiger partial charge is 0.493 e. The second-order valence-corrected chi connectivity index (χ2v) is 6.08. The van der Waals surface area contributed by atoms with Crippen LogP contribution in [0.5, 0.6) is 5.75 Å². The first-order valence-corrected chi connectivity index (χ1v) is 8.44. The van der Waals surface area contributed by atoms with Crippen LogP contribution in [0.15, 0.2) is 24.3 Å². The van der Waals surface area contributed by atoms with E-state index in [1.54, 1.807) is 0 Å². The Kier molecular flexibility index (Phi) is 8.76. The van der Waals surface area contributed by atoms with Gasteiger partial charge in [0.2, 0.25) is 0 Å². The number of hydrogen-bond donors (Lipinski definition) is 1. The topological polar surface area (TPSA) is 21.3 Å². The monoisotopic (exact) mass is 281 g/mol. The molecule has 0 spiro atoms. The Morgan fingerprint density at radius 1 is 1.21 bits per heavy atom. The maximum atomic E-state index is 5.69. The van der Waals surface area contributed by atoms with E-state index in [1.807, 2.05) is 11.8 Å². The molecule has 0 heterocycles. The Morgan fingerprint density at radius 2 is 1.95 bits per heavy atom. The molecule has 19 heavy (non-hydrogen) atoms. The van der Waals surface area contributed by atoms with Gasteiger partial charge in [-0.1, -0.05) is 26.0 Å². The van der Waals surface area contributed by atoms with Crippen molar-refractivity contribution in [3.05, 3.63) is 29.8 Å². The molecular formula is C16H27NOS. The Balaban J connectivity index is 2.27. The van der Waals surface area contributed by atoms with Crippen molar-refractivity contribution in [3.8, 4) is 5.75 Å². The molecule has 0 aliphatic heterocycles. The minimum atomic E-state index is 0.590. The van der Waals surface area contributed by atoms with Crippen LogP contribution >= 0.6 is 11.8 Å². The Morgan fingerprint density at radius 3 is 2.58 bits per heavy atom. The molecule has 1 aromatic rings. The number of rotatable bonds is 10. The summed E-state index contributed by atoms with van der Waals surface area (Å²) in [6.45, 7) is 8.42. The molecule has 0 radical (unpaired) electrons. The zero-order valence-electron chi connectivity index (χ0n) is 12.4. The normalized spacial score (nSPS) is 12.4. The summed E-state index contributed by atoms with van der Waals surface area (Å²) in [6, 6.07) is 9.13. The van der Waals surface area contributed by atoms with Gasteiger partial charge in [-0.15, -0.1) is 0 Å². The highest BCUT2D eigenvalue weighted by molar-refractivity contribution is 7.99. The van der Waals surface area contributed by atoms with Crippen molar-refractivity contribution in [2.75, 3.05) is 24.7 Å². The molecule has 1 aromatic carbocycles. The molecule has 0 amide bonds. The SMILES string of the molecule is CCNC(C)CCc1ccc(OCCSCC)cc1. The Labute approximate surface area is 122 Å². The van der Waals surface area contributed by atoms with Gasteiger partial charge in [-0.2, -0.15) is 11.8 Å². The van der Waals surface area contributed by atoms with Gasteiger partial charge in [-0.05, 0) is 49.8 Å². The summed E-state index contributed by atoms with van der Waals surface area (Å²) in [5.74, 6) is 3.21. The molecule has 0 saturated heterocycles. The first-order chi connectivity index (χ1) is 9.26. The maximum absolute atomic E-state index is 5.69. The van der Waals surface area contributed by atoms with E-state index in [0.29, 0.717) is 6.04 Å². The smallest absolute Gasteiger partial charge is 0.119 e. The van der Waals surface area contributed by atoms with E-state index in [9.17, 15) is 0 Å². The zero-order chi connectivity index (χ0) is 13.9. The fourth-order valence-electron chi connectivity index (χ4n) is 1.95. The third-order valence-corrected chi connectivity index (χ3v) is 3.91.